The molecule has 1 atom stereocenters. The second-order valence-electron chi connectivity index (χ2n) is 4.34. The lowest BCUT2D eigenvalue weighted by Gasteiger charge is -2.15. The van der Waals surface area contributed by atoms with Gasteiger partial charge in [-0.15, -0.1) is 0 Å². The molecule has 0 aliphatic rings. The Morgan fingerprint density at radius 1 is 1.10 bits per heavy atom. The topological polar surface area (TPSA) is 38.3 Å². The first-order chi connectivity index (χ1) is 9.95. The number of amides is 1. The second-order valence-corrected chi connectivity index (χ2v) is 5.59. The van der Waals surface area contributed by atoms with Crippen LogP contribution in [-0.2, 0) is 4.79 Å². The van der Waals surface area contributed by atoms with E-state index in [1.165, 1.54) is 0 Å². The molecule has 0 spiro atoms. The Morgan fingerprint density at radius 2 is 1.86 bits per heavy atom. The van der Waals surface area contributed by atoms with Crippen LogP contribution in [0.5, 0.6) is 5.75 Å². The van der Waals surface area contributed by atoms with Gasteiger partial charge in [-0.25, -0.2) is 0 Å². The van der Waals surface area contributed by atoms with Crippen molar-refractivity contribution in [2.75, 3.05) is 5.32 Å². The Morgan fingerprint density at radius 3 is 2.52 bits per heavy atom. The predicted octanol–water partition coefficient (Wildman–Crippen LogP) is 5.05. The molecular weight excluding hydrogens is 333 g/mol. The van der Waals surface area contributed by atoms with Crippen LogP contribution in [0.2, 0.25) is 15.1 Å². The summed E-state index contributed by atoms with van der Waals surface area (Å²) in [7, 11) is 0. The van der Waals surface area contributed by atoms with E-state index in [-0.39, 0.29) is 5.91 Å². The second kappa shape index (κ2) is 7.03. The molecule has 0 aromatic heterocycles. The van der Waals surface area contributed by atoms with Crippen molar-refractivity contribution in [3.63, 3.8) is 0 Å². The molecule has 21 heavy (non-hydrogen) atoms. The minimum Gasteiger partial charge on any atom is -0.481 e. The summed E-state index contributed by atoms with van der Waals surface area (Å²) in [5, 5.41) is 4.07. The quantitative estimate of drug-likeness (QED) is 0.842. The van der Waals surface area contributed by atoms with Crippen LogP contribution < -0.4 is 10.1 Å². The fourth-order valence-electron chi connectivity index (χ4n) is 1.62. The molecule has 0 fully saturated rings. The largest absolute Gasteiger partial charge is 0.481 e. The average molecular weight is 345 g/mol. The first kappa shape index (κ1) is 16.0. The maximum atomic E-state index is 12.0. The summed E-state index contributed by atoms with van der Waals surface area (Å²) >= 11 is 17.6. The van der Waals surface area contributed by atoms with E-state index >= 15 is 0 Å². The normalized spacial score (nSPS) is 11.8. The molecule has 1 amide bonds. The highest BCUT2D eigenvalue weighted by atomic mass is 35.5. The average Bonchev–Trinajstić information content (AvgIpc) is 2.43. The van der Waals surface area contributed by atoms with Gasteiger partial charge in [-0.05, 0) is 37.3 Å². The maximum Gasteiger partial charge on any atom is 0.265 e. The first-order valence-corrected chi connectivity index (χ1v) is 7.27. The SMILES string of the molecule is C[C@@H](Oc1ccc(Cl)c(Cl)c1)C(=O)Nc1cccc(Cl)c1. The number of hydrogen-bond donors (Lipinski definition) is 1. The van der Waals surface area contributed by atoms with Gasteiger partial charge in [-0.3, -0.25) is 4.79 Å². The summed E-state index contributed by atoms with van der Waals surface area (Å²) in [4.78, 5) is 12.0. The fraction of sp³-hybridized carbons (Fsp3) is 0.133. The van der Waals surface area contributed by atoms with E-state index in [1.54, 1.807) is 49.4 Å². The Labute approximate surface area is 137 Å². The molecule has 0 unspecified atom stereocenters. The van der Waals surface area contributed by atoms with Crippen LogP contribution in [-0.4, -0.2) is 12.0 Å². The summed E-state index contributed by atoms with van der Waals surface area (Å²) in [6.45, 7) is 1.64. The van der Waals surface area contributed by atoms with Crippen molar-refractivity contribution in [2.24, 2.45) is 0 Å². The van der Waals surface area contributed by atoms with Crippen molar-refractivity contribution >= 4 is 46.4 Å². The van der Waals surface area contributed by atoms with Crippen molar-refractivity contribution in [2.45, 2.75) is 13.0 Å². The number of nitrogens with one attached hydrogen (secondary N) is 1. The lowest BCUT2D eigenvalue weighted by molar-refractivity contribution is -0.122. The van der Waals surface area contributed by atoms with Crippen LogP contribution in [0.25, 0.3) is 0 Å². The van der Waals surface area contributed by atoms with Crippen LogP contribution in [0.1, 0.15) is 6.92 Å². The number of hydrogen-bond acceptors (Lipinski definition) is 2. The highest BCUT2D eigenvalue weighted by Gasteiger charge is 2.15. The van der Waals surface area contributed by atoms with Crippen molar-refractivity contribution < 1.29 is 9.53 Å². The van der Waals surface area contributed by atoms with Crippen LogP contribution in [0.4, 0.5) is 5.69 Å². The number of halogens is 3. The lowest BCUT2D eigenvalue weighted by Crippen LogP contribution is -2.30. The highest BCUT2D eigenvalue weighted by Crippen LogP contribution is 2.27. The summed E-state index contributed by atoms with van der Waals surface area (Å²) in [6, 6.07) is 11.7. The Kier molecular flexibility index (Phi) is 5.34. The molecule has 6 heteroatoms. The molecule has 3 nitrogen and oxygen atoms in total. The lowest BCUT2D eigenvalue weighted by atomic mass is 10.3. The molecule has 1 N–H and O–H groups in total. The maximum absolute atomic E-state index is 12.0. The standard InChI is InChI=1S/C15H12Cl3NO2/c1-9(21-12-5-6-13(17)14(18)8-12)15(20)19-11-4-2-3-10(16)7-11/h2-9H,1H3,(H,19,20)/t9-/m1/s1. The van der Waals surface area contributed by atoms with Crippen molar-refractivity contribution in [1.82, 2.24) is 0 Å². The van der Waals surface area contributed by atoms with E-state index in [9.17, 15) is 4.79 Å². The van der Waals surface area contributed by atoms with Gasteiger partial charge in [0.25, 0.3) is 5.91 Å². The van der Waals surface area contributed by atoms with E-state index < -0.39 is 6.10 Å². The first-order valence-electron chi connectivity index (χ1n) is 6.14. The van der Waals surface area contributed by atoms with Gasteiger partial charge < -0.3 is 10.1 Å². The van der Waals surface area contributed by atoms with Gasteiger partial charge in [0.05, 0.1) is 10.0 Å². The third-order valence-corrected chi connectivity index (χ3v) is 3.64. The van der Waals surface area contributed by atoms with Gasteiger partial charge in [0.2, 0.25) is 0 Å². The summed E-state index contributed by atoms with van der Waals surface area (Å²) in [5.74, 6) is 0.182. The third-order valence-electron chi connectivity index (χ3n) is 2.67. The summed E-state index contributed by atoms with van der Waals surface area (Å²) < 4.78 is 5.53. The Bertz CT molecular complexity index is 661. The predicted molar refractivity (Wildman–Crippen MR) is 86.6 cm³/mol. The van der Waals surface area contributed by atoms with E-state index in [4.69, 9.17) is 39.5 Å². The van der Waals surface area contributed by atoms with Gasteiger partial charge in [0, 0.05) is 16.8 Å². The molecule has 0 radical (unpaired) electrons. The molecule has 2 aromatic rings. The Hall–Kier alpha value is -1.42. The molecule has 0 aliphatic carbocycles. The van der Waals surface area contributed by atoms with Crippen LogP contribution >= 0.6 is 34.8 Å². The number of ether oxygens (including phenoxy) is 1. The number of anilines is 1. The molecule has 0 heterocycles. The summed E-state index contributed by atoms with van der Waals surface area (Å²) in [5.41, 5.74) is 0.608. The smallest absolute Gasteiger partial charge is 0.265 e. The third kappa shape index (κ3) is 4.53. The minimum atomic E-state index is -0.693. The fourth-order valence-corrected chi connectivity index (χ4v) is 2.10. The number of carbonyl (C=O) groups excluding carboxylic acids is 1. The molecule has 0 bridgehead atoms. The molecule has 2 rings (SSSR count). The van der Waals surface area contributed by atoms with Crippen LogP contribution in [0.15, 0.2) is 42.5 Å². The van der Waals surface area contributed by atoms with Gasteiger partial charge >= 0.3 is 0 Å². The number of carbonyl (C=O) groups is 1. The van der Waals surface area contributed by atoms with E-state index in [0.717, 1.165) is 0 Å². The highest BCUT2D eigenvalue weighted by molar-refractivity contribution is 6.42. The molecular formula is C15H12Cl3NO2. The molecule has 2 aromatic carbocycles. The van der Waals surface area contributed by atoms with Crippen LogP contribution in [0, 0.1) is 0 Å². The van der Waals surface area contributed by atoms with Gasteiger partial charge in [-0.2, -0.15) is 0 Å². The molecule has 110 valence electrons. The van der Waals surface area contributed by atoms with Crippen molar-refractivity contribution in [1.29, 1.82) is 0 Å². The minimum absolute atomic E-state index is 0.289. The zero-order valence-electron chi connectivity index (χ0n) is 11.1. The van der Waals surface area contributed by atoms with Gasteiger partial charge in [-0.1, -0.05) is 40.9 Å². The number of rotatable bonds is 4. The van der Waals surface area contributed by atoms with Crippen molar-refractivity contribution in [3.05, 3.63) is 57.5 Å². The van der Waals surface area contributed by atoms with Gasteiger partial charge in [0.1, 0.15) is 5.75 Å². The summed E-state index contributed by atoms with van der Waals surface area (Å²) in [6.07, 6.45) is -0.693. The molecule has 0 saturated carbocycles. The Balaban J connectivity index is 2.00. The van der Waals surface area contributed by atoms with Crippen LogP contribution in [0.3, 0.4) is 0 Å². The molecule has 0 saturated heterocycles. The van der Waals surface area contributed by atoms with E-state index in [0.29, 0.717) is 26.5 Å². The van der Waals surface area contributed by atoms with E-state index in [2.05, 4.69) is 5.32 Å². The zero-order valence-corrected chi connectivity index (χ0v) is 13.3. The van der Waals surface area contributed by atoms with E-state index in [1.807, 2.05) is 0 Å². The van der Waals surface area contributed by atoms with Crippen molar-refractivity contribution in [3.8, 4) is 5.75 Å². The zero-order chi connectivity index (χ0) is 15.4. The monoisotopic (exact) mass is 343 g/mol. The molecule has 0 aliphatic heterocycles. The van der Waals surface area contributed by atoms with Gasteiger partial charge in [0.15, 0.2) is 6.10 Å². The number of benzene rings is 2.